The van der Waals surface area contributed by atoms with Gasteiger partial charge in [-0.1, -0.05) is 19.1 Å². The predicted octanol–water partition coefficient (Wildman–Crippen LogP) is 3.03. The van der Waals surface area contributed by atoms with Gasteiger partial charge in [-0.15, -0.1) is 0 Å². The summed E-state index contributed by atoms with van der Waals surface area (Å²) in [5.41, 5.74) is 0.827. The molecule has 0 N–H and O–H groups in total. The summed E-state index contributed by atoms with van der Waals surface area (Å²) in [6, 6.07) is 4.69. The molecule has 80 valence electrons. The first kappa shape index (κ1) is 11.2. The number of hydrogen-bond donors (Lipinski definition) is 0. The lowest BCUT2D eigenvalue weighted by atomic mass is 10.1. The van der Waals surface area contributed by atoms with Gasteiger partial charge < -0.3 is 4.74 Å². The van der Waals surface area contributed by atoms with Crippen LogP contribution in [-0.2, 0) is 0 Å². The standard InChI is InChI=1S/C11H13NO3/c1-3-4-5-9-6-10(12(13)14)8-11(7-9)15-2/h4-8H,3H2,1-2H3. The van der Waals surface area contributed by atoms with Crippen molar-refractivity contribution in [1.82, 2.24) is 0 Å². The van der Waals surface area contributed by atoms with Crippen LogP contribution >= 0.6 is 0 Å². The van der Waals surface area contributed by atoms with Crippen LogP contribution < -0.4 is 4.74 Å². The Labute approximate surface area is 88.3 Å². The van der Waals surface area contributed by atoms with Gasteiger partial charge in [-0.3, -0.25) is 10.1 Å². The molecule has 0 spiro atoms. The average Bonchev–Trinajstić information content (AvgIpc) is 2.25. The number of nitro groups is 1. The van der Waals surface area contributed by atoms with E-state index in [9.17, 15) is 10.1 Å². The van der Waals surface area contributed by atoms with Crippen molar-refractivity contribution in [2.24, 2.45) is 0 Å². The van der Waals surface area contributed by atoms with Gasteiger partial charge in [0.25, 0.3) is 5.69 Å². The molecule has 15 heavy (non-hydrogen) atoms. The van der Waals surface area contributed by atoms with Crippen molar-refractivity contribution in [3.05, 3.63) is 40.0 Å². The Morgan fingerprint density at radius 2 is 2.20 bits per heavy atom. The largest absolute Gasteiger partial charge is 0.496 e. The van der Waals surface area contributed by atoms with E-state index in [2.05, 4.69) is 0 Å². The molecular formula is C11H13NO3. The first-order valence-corrected chi connectivity index (χ1v) is 4.67. The smallest absolute Gasteiger partial charge is 0.273 e. The summed E-state index contributed by atoms with van der Waals surface area (Å²) in [6.45, 7) is 2.01. The monoisotopic (exact) mass is 207 g/mol. The number of benzene rings is 1. The Morgan fingerprint density at radius 1 is 1.47 bits per heavy atom. The van der Waals surface area contributed by atoms with E-state index in [4.69, 9.17) is 4.74 Å². The Hall–Kier alpha value is -1.84. The SMILES string of the molecule is CCC=Cc1cc(OC)cc([N+](=O)[O-])c1. The van der Waals surface area contributed by atoms with E-state index in [0.29, 0.717) is 5.75 Å². The topological polar surface area (TPSA) is 52.4 Å². The lowest BCUT2D eigenvalue weighted by molar-refractivity contribution is -0.384. The molecule has 4 nitrogen and oxygen atoms in total. The van der Waals surface area contributed by atoms with E-state index < -0.39 is 4.92 Å². The molecule has 0 aromatic heterocycles. The number of nitro benzene ring substituents is 1. The van der Waals surface area contributed by atoms with E-state index in [1.54, 1.807) is 6.07 Å². The van der Waals surface area contributed by atoms with Crippen LogP contribution in [-0.4, -0.2) is 12.0 Å². The molecule has 1 aromatic rings. The zero-order valence-electron chi connectivity index (χ0n) is 8.77. The Morgan fingerprint density at radius 3 is 2.73 bits per heavy atom. The quantitative estimate of drug-likeness (QED) is 0.563. The van der Waals surface area contributed by atoms with Crippen LogP contribution in [0.2, 0.25) is 0 Å². The van der Waals surface area contributed by atoms with Gasteiger partial charge in [-0.25, -0.2) is 0 Å². The van der Waals surface area contributed by atoms with E-state index in [1.807, 2.05) is 19.1 Å². The third-order valence-electron chi connectivity index (χ3n) is 1.91. The summed E-state index contributed by atoms with van der Waals surface area (Å²) in [4.78, 5) is 10.2. The van der Waals surface area contributed by atoms with Gasteiger partial charge in [0.1, 0.15) is 5.75 Å². The van der Waals surface area contributed by atoms with Gasteiger partial charge in [0.05, 0.1) is 18.1 Å². The Bertz CT molecular complexity index is 385. The molecule has 0 aliphatic carbocycles. The number of allylic oxidation sites excluding steroid dienone is 1. The highest BCUT2D eigenvalue weighted by Gasteiger charge is 2.08. The van der Waals surface area contributed by atoms with Crippen molar-refractivity contribution in [3.8, 4) is 5.75 Å². The zero-order valence-corrected chi connectivity index (χ0v) is 8.77. The molecule has 0 radical (unpaired) electrons. The van der Waals surface area contributed by atoms with Crippen LogP contribution in [0, 0.1) is 10.1 Å². The minimum Gasteiger partial charge on any atom is -0.496 e. The van der Waals surface area contributed by atoms with Gasteiger partial charge in [-0.2, -0.15) is 0 Å². The van der Waals surface area contributed by atoms with Crippen LogP contribution in [0.3, 0.4) is 0 Å². The normalized spacial score (nSPS) is 10.5. The number of rotatable bonds is 4. The summed E-state index contributed by atoms with van der Waals surface area (Å²) >= 11 is 0. The maximum atomic E-state index is 10.6. The molecule has 0 aliphatic rings. The lowest BCUT2D eigenvalue weighted by Gasteiger charge is -2.01. The average molecular weight is 207 g/mol. The Kier molecular flexibility index (Phi) is 3.85. The molecular weight excluding hydrogens is 194 g/mol. The van der Waals surface area contributed by atoms with Gasteiger partial charge in [0.2, 0.25) is 0 Å². The minimum absolute atomic E-state index is 0.0464. The van der Waals surface area contributed by atoms with Crippen LogP contribution in [0.1, 0.15) is 18.9 Å². The molecule has 1 rings (SSSR count). The van der Waals surface area contributed by atoms with Crippen LogP contribution in [0.4, 0.5) is 5.69 Å². The second-order valence-electron chi connectivity index (χ2n) is 3.03. The number of ether oxygens (including phenoxy) is 1. The summed E-state index contributed by atoms with van der Waals surface area (Å²) in [5, 5.41) is 10.6. The van der Waals surface area contributed by atoms with E-state index in [0.717, 1.165) is 12.0 Å². The highest BCUT2D eigenvalue weighted by molar-refractivity contribution is 5.57. The van der Waals surface area contributed by atoms with Gasteiger partial charge >= 0.3 is 0 Å². The van der Waals surface area contributed by atoms with E-state index in [-0.39, 0.29) is 5.69 Å². The van der Waals surface area contributed by atoms with E-state index >= 15 is 0 Å². The first-order chi connectivity index (χ1) is 7.17. The van der Waals surface area contributed by atoms with Crippen molar-refractivity contribution < 1.29 is 9.66 Å². The third-order valence-corrected chi connectivity index (χ3v) is 1.91. The second kappa shape index (κ2) is 5.14. The highest BCUT2D eigenvalue weighted by atomic mass is 16.6. The molecule has 1 aromatic carbocycles. The predicted molar refractivity (Wildman–Crippen MR) is 59.0 cm³/mol. The maximum Gasteiger partial charge on any atom is 0.273 e. The maximum absolute atomic E-state index is 10.6. The molecule has 0 heterocycles. The summed E-state index contributed by atoms with van der Waals surface area (Å²) in [6.07, 6.45) is 4.68. The van der Waals surface area contributed by atoms with Crippen LogP contribution in [0.5, 0.6) is 5.75 Å². The van der Waals surface area contributed by atoms with Crippen molar-refractivity contribution in [3.63, 3.8) is 0 Å². The van der Waals surface area contributed by atoms with Gasteiger partial charge in [0, 0.05) is 6.07 Å². The molecule has 0 unspecified atom stereocenters. The fraction of sp³-hybridized carbons (Fsp3) is 0.273. The summed E-state index contributed by atoms with van der Waals surface area (Å²) in [5.74, 6) is 0.500. The van der Waals surface area contributed by atoms with Crippen molar-refractivity contribution >= 4 is 11.8 Å². The number of nitrogens with zero attached hydrogens (tertiary/aromatic N) is 1. The van der Waals surface area contributed by atoms with Crippen molar-refractivity contribution in [2.45, 2.75) is 13.3 Å². The highest BCUT2D eigenvalue weighted by Crippen LogP contribution is 2.23. The fourth-order valence-electron chi connectivity index (χ4n) is 1.18. The summed E-state index contributed by atoms with van der Waals surface area (Å²) in [7, 11) is 1.49. The molecule has 0 saturated carbocycles. The minimum atomic E-state index is -0.425. The molecule has 0 atom stereocenters. The van der Waals surface area contributed by atoms with Crippen molar-refractivity contribution in [2.75, 3.05) is 7.11 Å². The summed E-state index contributed by atoms with van der Waals surface area (Å²) < 4.78 is 4.99. The molecule has 0 aliphatic heterocycles. The van der Waals surface area contributed by atoms with Gasteiger partial charge in [-0.05, 0) is 18.1 Å². The molecule has 0 saturated heterocycles. The molecule has 4 heteroatoms. The van der Waals surface area contributed by atoms with E-state index in [1.165, 1.54) is 19.2 Å². The molecule has 0 fully saturated rings. The zero-order chi connectivity index (χ0) is 11.3. The van der Waals surface area contributed by atoms with Gasteiger partial charge in [0.15, 0.2) is 0 Å². The first-order valence-electron chi connectivity index (χ1n) is 4.67. The number of hydrogen-bond acceptors (Lipinski definition) is 3. The van der Waals surface area contributed by atoms with Crippen LogP contribution in [0.15, 0.2) is 24.3 Å². The van der Waals surface area contributed by atoms with Crippen LogP contribution in [0.25, 0.3) is 6.08 Å². The number of methoxy groups -OCH3 is 1. The second-order valence-corrected chi connectivity index (χ2v) is 3.03. The Balaban J connectivity index is 3.11. The van der Waals surface area contributed by atoms with Crippen molar-refractivity contribution in [1.29, 1.82) is 0 Å². The lowest BCUT2D eigenvalue weighted by Crippen LogP contribution is -1.91. The third kappa shape index (κ3) is 3.09. The molecule has 0 amide bonds. The molecule has 0 bridgehead atoms. The fourth-order valence-corrected chi connectivity index (χ4v) is 1.18. The number of non-ortho nitro benzene ring substituents is 1.